The summed E-state index contributed by atoms with van der Waals surface area (Å²) in [5.41, 5.74) is 1.68. The number of benzene rings is 1. The molecule has 1 unspecified atom stereocenters. The zero-order valence-corrected chi connectivity index (χ0v) is 18.8. The maximum absolute atomic E-state index is 13.3. The summed E-state index contributed by atoms with van der Waals surface area (Å²) in [7, 11) is 0. The first kappa shape index (κ1) is 21.3. The topological polar surface area (TPSA) is 67.2 Å². The average Bonchev–Trinajstić information content (AvgIpc) is 3.51. The quantitative estimate of drug-likeness (QED) is 0.615. The van der Waals surface area contributed by atoms with Crippen molar-refractivity contribution in [3.8, 4) is 10.4 Å². The van der Waals surface area contributed by atoms with Gasteiger partial charge in [-0.25, -0.2) is 0 Å². The average molecular weight is 437 g/mol. The van der Waals surface area contributed by atoms with Crippen molar-refractivity contribution < 1.29 is 9.59 Å². The molecule has 3 aromatic rings. The SMILES string of the molecule is CC(C)NC(=O)C1(Cc2ccc(-c3cccs3)cc2)CCN(C(=O)Cn2cccn2)C1. The molecule has 1 saturated heterocycles. The first-order chi connectivity index (χ1) is 14.9. The summed E-state index contributed by atoms with van der Waals surface area (Å²) in [4.78, 5) is 29.1. The van der Waals surface area contributed by atoms with Crippen LogP contribution in [0, 0.1) is 5.41 Å². The van der Waals surface area contributed by atoms with Crippen LogP contribution in [0.3, 0.4) is 0 Å². The molecule has 0 bridgehead atoms. The summed E-state index contributed by atoms with van der Waals surface area (Å²) >= 11 is 1.72. The Labute approximate surface area is 186 Å². The lowest BCUT2D eigenvalue weighted by molar-refractivity contribution is -0.134. The fourth-order valence-electron chi connectivity index (χ4n) is 4.16. The Kier molecular flexibility index (Phi) is 6.23. The highest BCUT2D eigenvalue weighted by molar-refractivity contribution is 7.13. The Morgan fingerprint density at radius 1 is 1.19 bits per heavy atom. The molecule has 1 aliphatic rings. The smallest absolute Gasteiger partial charge is 0.244 e. The third-order valence-electron chi connectivity index (χ3n) is 5.77. The van der Waals surface area contributed by atoms with Gasteiger partial charge in [-0.2, -0.15) is 5.10 Å². The number of hydrogen-bond acceptors (Lipinski definition) is 4. The third kappa shape index (κ3) is 4.88. The van der Waals surface area contributed by atoms with Crippen molar-refractivity contribution in [3.05, 3.63) is 65.8 Å². The Morgan fingerprint density at radius 3 is 2.65 bits per heavy atom. The highest BCUT2D eigenvalue weighted by Gasteiger charge is 2.46. The highest BCUT2D eigenvalue weighted by Crippen LogP contribution is 2.36. The highest BCUT2D eigenvalue weighted by atomic mass is 32.1. The molecule has 162 valence electrons. The second-order valence-corrected chi connectivity index (χ2v) is 9.48. The molecule has 2 amide bonds. The first-order valence-corrected chi connectivity index (χ1v) is 11.5. The van der Waals surface area contributed by atoms with Crippen LogP contribution >= 0.6 is 11.3 Å². The molecule has 1 aromatic carbocycles. The fraction of sp³-hybridized carbons (Fsp3) is 0.375. The van der Waals surface area contributed by atoms with Crippen molar-refractivity contribution in [2.75, 3.05) is 13.1 Å². The van der Waals surface area contributed by atoms with Gasteiger partial charge in [0.15, 0.2) is 0 Å². The number of likely N-dealkylation sites (tertiary alicyclic amines) is 1. The van der Waals surface area contributed by atoms with E-state index in [-0.39, 0.29) is 24.4 Å². The van der Waals surface area contributed by atoms with Crippen LogP contribution in [0.15, 0.2) is 60.2 Å². The number of carbonyl (C=O) groups is 2. The molecule has 3 heterocycles. The van der Waals surface area contributed by atoms with Crippen molar-refractivity contribution in [1.29, 1.82) is 0 Å². The molecule has 0 aliphatic carbocycles. The number of nitrogens with zero attached hydrogens (tertiary/aromatic N) is 3. The Balaban J connectivity index is 1.51. The van der Waals surface area contributed by atoms with Gasteiger partial charge < -0.3 is 10.2 Å². The van der Waals surface area contributed by atoms with E-state index in [2.05, 4.69) is 46.1 Å². The van der Waals surface area contributed by atoms with Gasteiger partial charge in [-0.3, -0.25) is 14.3 Å². The zero-order valence-electron chi connectivity index (χ0n) is 18.0. The molecule has 1 N–H and O–H groups in total. The molecule has 4 rings (SSSR count). The van der Waals surface area contributed by atoms with Gasteiger partial charge in [0.2, 0.25) is 11.8 Å². The number of thiophene rings is 1. The molecular weight excluding hydrogens is 408 g/mol. The lowest BCUT2D eigenvalue weighted by atomic mass is 9.79. The molecule has 0 radical (unpaired) electrons. The van der Waals surface area contributed by atoms with E-state index in [0.717, 1.165) is 5.56 Å². The maximum Gasteiger partial charge on any atom is 0.244 e. The molecular formula is C24H28N4O2S. The van der Waals surface area contributed by atoms with E-state index in [1.807, 2.05) is 24.8 Å². The van der Waals surface area contributed by atoms with Crippen molar-refractivity contribution in [3.63, 3.8) is 0 Å². The number of hydrogen-bond donors (Lipinski definition) is 1. The van der Waals surface area contributed by atoms with Gasteiger partial charge in [-0.05, 0) is 55.3 Å². The van der Waals surface area contributed by atoms with Gasteiger partial charge in [0.25, 0.3) is 0 Å². The van der Waals surface area contributed by atoms with Crippen molar-refractivity contribution in [2.45, 2.75) is 39.3 Å². The Morgan fingerprint density at radius 2 is 2.00 bits per heavy atom. The normalized spacial score (nSPS) is 18.5. The van der Waals surface area contributed by atoms with Crippen LogP contribution in [-0.2, 0) is 22.6 Å². The Hall–Kier alpha value is -2.93. The fourth-order valence-corrected chi connectivity index (χ4v) is 4.90. The molecule has 1 aliphatic heterocycles. The van der Waals surface area contributed by atoms with Crippen LogP contribution in [0.2, 0.25) is 0 Å². The van der Waals surface area contributed by atoms with Crippen LogP contribution in [0.4, 0.5) is 0 Å². The van der Waals surface area contributed by atoms with Crippen LogP contribution in [0.25, 0.3) is 10.4 Å². The van der Waals surface area contributed by atoms with E-state index in [0.29, 0.717) is 25.9 Å². The van der Waals surface area contributed by atoms with E-state index in [1.54, 1.807) is 34.5 Å². The summed E-state index contributed by atoms with van der Waals surface area (Å²) in [6.07, 6.45) is 4.71. The van der Waals surface area contributed by atoms with Gasteiger partial charge >= 0.3 is 0 Å². The van der Waals surface area contributed by atoms with Gasteiger partial charge in [0, 0.05) is 36.4 Å². The van der Waals surface area contributed by atoms with Crippen LogP contribution in [0.5, 0.6) is 0 Å². The summed E-state index contributed by atoms with van der Waals surface area (Å²) in [6.45, 7) is 5.15. The summed E-state index contributed by atoms with van der Waals surface area (Å²) in [5.74, 6) is 0.0233. The second kappa shape index (κ2) is 9.06. The molecule has 1 fully saturated rings. The zero-order chi connectivity index (χ0) is 21.8. The largest absolute Gasteiger partial charge is 0.353 e. The molecule has 31 heavy (non-hydrogen) atoms. The van der Waals surface area contributed by atoms with Crippen LogP contribution in [-0.4, -0.2) is 45.6 Å². The van der Waals surface area contributed by atoms with Gasteiger partial charge in [-0.15, -0.1) is 11.3 Å². The van der Waals surface area contributed by atoms with Gasteiger partial charge in [0.1, 0.15) is 6.54 Å². The Bertz CT molecular complexity index is 1010. The predicted octanol–water partition coefficient (Wildman–Crippen LogP) is 3.60. The number of nitrogens with one attached hydrogen (secondary N) is 1. The number of aromatic nitrogens is 2. The molecule has 7 heteroatoms. The monoisotopic (exact) mass is 436 g/mol. The minimum atomic E-state index is -0.617. The molecule has 0 saturated carbocycles. The second-order valence-electron chi connectivity index (χ2n) is 8.53. The maximum atomic E-state index is 13.3. The molecule has 0 spiro atoms. The lowest BCUT2D eigenvalue weighted by Crippen LogP contribution is -2.47. The van der Waals surface area contributed by atoms with Crippen LogP contribution in [0.1, 0.15) is 25.8 Å². The van der Waals surface area contributed by atoms with Crippen molar-refractivity contribution in [1.82, 2.24) is 20.0 Å². The summed E-state index contributed by atoms with van der Waals surface area (Å²) < 4.78 is 1.62. The predicted molar refractivity (Wildman–Crippen MR) is 123 cm³/mol. The van der Waals surface area contributed by atoms with E-state index in [1.165, 1.54) is 10.4 Å². The van der Waals surface area contributed by atoms with Crippen LogP contribution < -0.4 is 5.32 Å². The molecule has 2 aromatic heterocycles. The molecule has 1 atom stereocenters. The number of rotatable bonds is 7. The third-order valence-corrected chi connectivity index (χ3v) is 6.69. The standard InChI is InChI=1S/C24H28N4O2S/c1-18(2)26-23(30)24(10-13-27(17-24)22(29)16-28-12-4-11-25-28)15-19-6-8-20(9-7-19)21-5-3-14-31-21/h3-9,11-12,14,18H,10,13,15-17H2,1-2H3,(H,26,30). The minimum absolute atomic E-state index is 0.00374. The summed E-state index contributed by atoms with van der Waals surface area (Å²) in [5, 5.41) is 9.29. The van der Waals surface area contributed by atoms with Crippen molar-refractivity contribution in [2.24, 2.45) is 5.41 Å². The minimum Gasteiger partial charge on any atom is -0.353 e. The number of carbonyl (C=O) groups excluding carboxylic acids is 2. The summed E-state index contributed by atoms with van der Waals surface area (Å²) in [6, 6.07) is 14.5. The van der Waals surface area contributed by atoms with E-state index >= 15 is 0 Å². The van der Waals surface area contributed by atoms with E-state index in [4.69, 9.17) is 0 Å². The van der Waals surface area contributed by atoms with E-state index in [9.17, 15) is 9.59 Å². The van der Waals surface area contributed by atoms with E-state index < -0.39 is 5.41 Å². The van der Waals surface area contributed by atoms with Gasteiger partial charge in [0.05, 0.1) is 5.41 Å². The number of amides is 2. The van der Waals surface area contributed by atoms with Gasteiger partial charge in [-0.1, -0.05) is 30.3 Å². The lowest BCUT2D eigenvalue weighted by Gasteiger charge is -2.29. The molecule has 6 nitrogen and oxygen atoms in total. The van der Waals surface area contributed by atoms with Crippen molar-refractivity contribution >= 4 is 23.2 Å². The first-order valence-electron chi connectivity index (χ1n) is 10.6.